The third-order valence-corrected chi connectivity index (χ3v) is 6.16. The van der Waals surface area contributed by atoms with E-state index in [9.17, 15) is 9.90 Å². The fraction of sp³-hybridized carbons (Fsp3) is 0.400. The molecule has 2 aromatic heterocycles. The molecule has 0 spiro atoms. The highest BCUT2D eigenvalue weighted by molar-refractivity contribution is 7.13. The summed E-state index contributed by atoms with van der Waals surface area (Å²) in [5.74, 6) is -0.177. The lowest BCUT2D eigenvalue weighted by atomic mass is 9.78. The van der Waals surface area contributed by atoms with Crippen LogP contribution in [0.25, 0.3) is 0 Å². The van der Waals surface area contributed by atoms with Gasteiger partial charge in [-0.2, -0.15) is 5.10 Å². The Hall–Kier alpha value is -2.78. The molecule has 29 heavy (non-hydrogen) atoms. The van der Waals surface area contributed by atoms with Crippen LogP contribution < -0.4 is 10.2 Å². The molecule has 0 unspecified atom stereocenters. The van der Waals surface area contributed by atoms with Crippen molar-refractivity contribution in [1.82, 2.24) is 25.3 Å². The molecule has 4 rings (SSSR count). The van der Waals surface area contributed by atoms with Crippen molar-refractivity contribution in [3.63, 3.8) is 0 Å². The zero-order chi connectivity index (χ0) is 20.4. The summed E-state index contributed by atoms with van der Waals surface area (Å²) in [5, 5.41) is 27.5. The van der Waals surface area contributed by atoms with Crippen molar-refractivity contribution in [1.29, 1.82) is 0 Å². The molecular weight excluding hydrogens is 388 g/mol. The van der Waals surface area contributed by atoms with Gasteiger partial charge in [0.25, 0.3) is 0 Å². The molecule has 8 nitrogen and oxygen atoms in total. The van der Waals surface area contributed by atoms with Crippen LogP contribution in [-0.2, 0) is 16.9 Å². The predicted octanol–water partition coefficient (Wildman–Crippen LogP) is 1.63. The molecule has 9 heteroatoms. The summed E-state index contributed by atoms with van der Waals surface area (Å²) in [4.78, 5) is 15.0. The highest BCUT2D eigenvalue weighted by atomic mass is 32.1. The number of aliphatic hydroxyl groups is 1. The lowest BCUT2D eigenvalue weighted by Gasteiger charge is -2.46. The molecule has 1 aliphatic rings. The normalized spacial score (nSPS) is 21.9. The Morgan fingerprint density at radius 3 is 2.76 bits per heavy atom. The molecule has 1 saturated heterocycles. The van der Waals surface area contributed by atoms with Crippen LogP contribution in [0.4, 0.5) is 5.13 Å². The third kappa shape index (κ3) is 3.88. The van der Waals surface area contributed by atoms with Crippen LogP contribution in [0.2, 0.25) is 0 Å². The van der Waals surface area contributed by atoms with E-state index >= 15 is 0 Å². The Morgan fingerprint density at radius 1 is 1.34 bits per heavy atom. The fourth-order valence-electron chi connectivity index (χ4n) is 3.96. The van der Waals surface area contributed by atoms with Gasteiger partial charge in [0.1, 0.15) is 12.1 Å². The number of piperidine rings is 1. The number of hydrogen-bond acceptors (Lipinski definition) is 7. The van der Waals surface area contributed by atoms with Crippen LogP contribution in [0.1, 0.15) is 23.4 Å². The third-order valence-electron chi connectivity index (χ3n) is 5.41. The number of anilines is 1. The summed E-state index contributed by atoms with van der Waals surface area (Å²) in [6, 6.07) is 11.6. The van der Waals surface area contributed by atoms with E-state index in [-0.39, 0.29) is 12.5 Å². The van der Waals surface area contributed by atoms with E-state index in [1.807, 2.05) is 55.1 Å². The minimum Gasteiger partial charge on any atom is -0.388 e. The lowest BCUT2D eigenvalue weighted by Crippen LogP contribution is -2.62. The number of hydrogen-bond donors (Lipinski definition) is 2. The Balaban J connectivity index is 1.59. The fourth-order valence-corrected chi connectivity index (χ4v) is 4.56. The zero-order valence-electron chi connectivity index (χ0n) is 16.4. The molecule has 1 aromatic carbocycles. The Morgan fingerprint density at radius 2 is 2.14 bits per heavy atom. The van der Waals surface area contributed by atoms with Gasteiger partial charge in [0.05, 0.1) is 17.3 Å². The summed E-state index contributed by atoms with van der Waals surface area (Å²) in [7, 11) is 0. The SMILES string of the molecule is Cc1cc(C)n(CC(=O)N[C@]2(c3ccccc3)CCN(c3nncs3)C[C@H]2O)n1. The molecule has 0 saturated carbocycles. The van der Waals surface area contributed by atoms with Gasteiger partial charge >= 0.3 is 0 Å². The monoisotopic (exact) mass is 412 g/mol. The van der Waals surface area contributed by atoms with Gasteiger partial charge in [-0.3, -0.25) is 9.48 Å². The number of carbonyl (C=O) groups excluding carboxylic acids is 1. The van der Waals surface area contributed by atoms with Crippen LogP contribution in [0.5, 0.6) is 0 Å². The minimum atomic E-state index is -0.865. The Kier molecular flexibility index (Phi) is 5.33. The molecule has 1 fully saturated rings. The highest BCUT2D eigenvalue weighted by Gasteiger charge is 2.45. The summed E-state index contributed by atoms with van der Waals surface area (Å²) < 4.78 is 1.69. The second kappa shape index (κ2) is 7.92. The summed E-state index contributed by atoms with van der Waals surface area (Å²) >= 11 is 1.44. The van der Waals surface area contributed by atoms with Crippen LogP contribution >= 0.6 is 11.3 Å². The van der Waals surface area contributed by atoms with E-state index in [2.05, 4.69) is 20.6 Å². The molecular formula is C20H24N6O2S. The van der Waals surface area contributed by atoms with Gasteiger partial charge in [-0.1, -0.05) is 41.7 Å². The second-order valence-corrected chi connectivity index (χ2v) is 8.22. The second-order valence-electron chi connectivity index (χ2n) is 7.40. The molecule has 0 radical (unpaired) electrons. The number of aromatic nitrogens is 4. The van der Waals surface area contributed by atoms with Crippen LogP contribution in [-0.4, -0.2) is 50.2 Å². The van der Waals surface area contributed by atoms with Gasteiger partial charge in [-0.15, -0.1) is 10.2 Å². The van der Waals surface area contributed by atoms with E-state index in [4.69, 9.17) is 0 Å². The van der Waals surface area contributed by atoms with Gasteiger partial charge in [-0.05, 0) is 31.9 Å². The van der Waals surface area contributed by atoms with Crippen LogP contribution in [0.15, 0.2) is 41.9 Å². The number of carbonyl (C=O) groups is 1. The molecule has 3 aromatic rings. The van der Waals surface area contributed by atoms with Crippen LogP contribution in [0.3, 0.4) is 0 Å². The van der Waals surface area contributed by atoms with Gasteiger partial charge < -0.3 is 15.3 Å². The van der Waals surface area contributed by atoms with Crippen molar-refractivity contribution in [3.05, 3.63) is 58.9 Å². The first-order valence-electron chi connectivity index (χ1n) is 9.55. The van der Waals surface area contributed by atoms with Gasteiger partial charge in [-0.25, -0.2) is 0 Å². The van der Waals surface area contributed by atoms with Crippen molar-refractivity contribution in [3.8, 4) is 0 Å². The maximum absolute atomic E-state index is 13.0. The summed E-state index contributed by atoms with van der Waals surface area (Å²) in [6.07, 6.45) is -0.243. The van der Waals surface area contributed by atoms with E-state index in [0.717, 1.165) is 22.1 Å². The number of nitrogens with zero attached hydrogens (tertiary/aromatic N) is 5. The molecule has 0 bridgehead atoms. The number of β-amino-alcohol motifs (C(OH)–C–C–N with tert-alkyl or cyclic N) is 1. The minimum absolute atomic E-state index is 0.112. The van der Waals surface area contributed by atoms with Crippen molar-refractivity contribution < 1.29 is 9.90 Å². The largest absolute Gasteiger partial charge is 0.388 e. The van der Waals surface area contributed by atoms with Gasteiger partial charge in [0.2, 0.25) is 11.0 Å². The maximum Gasteiger partial charge on any atom is 0.242 e. The average Bonchev–Trinajstić information content (AvgIpc) is 3.34. The van der Waals surface area contributed by atoms with Crippen molar-refractivity contribution in [2.75, 3.05) is 18.0 Å². The predicted molar refractivity (Wildman–Crippen MR) is 111 cm³/mol. The zero-order valence-corrected chi connectivity index (χ0v) is 17.3. The van der Waals surface area contributed by atoms with E-state index in [0.29, 0.717) is 19.5 Å². The van der Waals surface area contributed by atoms with E-state index in [1.54, 1.807) is 10.2 Å². The van der Waals surface area contributed by atoms with Crippen LogP contribution in [0, 0.1) is 13.8 Å². The molecule has 0 aliphatic carbocycles. The average molecular weight is 413 g/mol. The van der Waals surface area contributed by atoms with E-state index < -0.39 is 11.6 Å². The quantitative estimate of drug-likeness (QED) is 0.661. The lowest BCUT2D eigenvalue weighted by molar-refractivity contribution is -0.126. The Bertz CT molecular complexity index is 974. The van der Waals surface area contributed by atoms with Gasteiger partial charge in [0.15, 0.2) is 0 Å². The van der Waals surface area contributed by atoms with Gasteiger partial charge in [0, 0.05) is 18.8 Å². The molecule has 3 heterocycles. The Labute approximate surface area is 173 Å². The number of benzene rings is 1. The number of nitrogens with one attached hydrogen (secondary N) is 1. The number of aryl methyl sites for hydroxylation is 2. The molecule has 152 valence electrons. The summed E-state index contributed by atoms with van der Waals surface area (Å²) in [6.45, 7) is 4.96. The summed E-state index contributed by atoms with van der Waals surface area (Å²) in [5.41, 5.74) is 3.51. The molecule has 1 amide bonds. The number of rotatable bonds is 5. The number of aliphatic hydroxyl groups excluding tert-OH is 1. The maximum atomic E-state index is 13.0. The molecule has 1 aliphatic heterocycles. The molecule has 2 N–H and O–H groups in total. The van der Waals surface area contributed by atoms with E-state index in [1.165, 1.54) is 11.3 Å². The highest BCUT2D eigenvalue weighted by Crippen LogP contribution is 2.35. The number of amides is 1. The first kappa shape index (κ1) is 19.5. The van der Waals surface area contributed by atoms with Crippen molar-refractivity contribution in [2.45, 2.75) is 38.5 Å². The van der Waals surface area contributed by atoms with Crippen molar-refractivity contribution in [2.24, 2.45) is 0 Å². The topological polar surface area (TPSA) is 96.2 Å². The first-order chi connectivity index (χ1) is 14.0. The first-order valence-corrected chi connectivity index (χ1v) is 10.4. The van der Waals surface area contributed by atoms with Crippen molar-refractivity contribution >= 4 is 22.4 Å². The standard InChI is InChI=1S/C20H24N6O2S/c1-14-10-15(2)26(24-14)12-18(28)22-20(16-6-4-3-5-7-16)8-9-25(11-17(20)27)19-23-21-13-29-19/h3-7,10,13,17,27H,8-9,11-12H2,1-2H3,(H,22,28)/t17-,20+/m1/s1. The molecule has 2 atom stereocenters. The smallest absolute Gasteiger partial charge is 0.242 e.